The molecule has 0 saturated carbocycles. The van der Waals surface area contributed by atoms with Crippen LogP contribution in [0, 0.1) is 5.92 Å². The van der Waals surface area contributed by atoms with Gasteiger partial charge in [0.1, 0.15) is 6.04 Å². The van der Waals surface area contributed by atoms with E-state index in [0.29, 0.717) is 6.42 Å². The zero-order chi connectivity index (χ0) is 16.2. The highest BCUT2D eigenvalue weighted by Gasteiger charge is 2.31. The Morgan fingerprint density at radius 1 is 1.38 bits per heavy atom. The van der Waals surface area contributed by atoms with Gasteiger partial charge in [0.25, 0.3) is 0 Å². The highest BCUT2D eigenvalue weighted by Crippen LogP contribution is 2.31. The molecule has 0 heterocycles. The summed E-state index contributed by atoms with van der Waals surface area (Å²) in [5.41, 5.74) is -0.582. The summed E-state index contributed by atoms with van der Waals surface area (Å²) in [6.45, 7) is 3.70. The molecule has 0 aliphatic rings. The second kappa shape index (κ2) is 7.13. The van der Waals surface area contributed by atoms with Crippen LogP contribution >= 0.6 is 11.6 Å². The maximum absolute atomic E-state index is 12.6. The smallest absolute Gasteiger partial charge is 0.416 e. The van der Waals surface area contributed by atoms with Crippen LogP contribution in [0.25, 0.3) is 0 Å². The molecule has 1 rings (SSSR count). The Hall–Kier alpha value is -1.27. The molecule has 7 heteroatoms. The molecule has 0 amide bonds. The third kappa shape index (κ3) is 5.55. The van der Waals surface area contributed by atoms with E-state index in [2.05, 4.69) is 5.32 Å². The van der Waals surface area contributed by atoms with Crippen molar-refractivity contribution < 1.29 is 23.1 Å². The molecule has 1 aromatic rings. The van der Waals surface area contributed by atoms with E-state index in [1.165, 1.54) is 6.07 Å². The first-order valence-electron chi connectivity index (χ1n) is 6.43. The number of carbonyl (C=O) groups is 1. The van der Waals surface area contributed by atoms with Crippen molar-refractivity contribution >= 4 is 17.6 Å². The lowest BCUT2D eigenvalue weighted by Crippen LogP contribution is -2.37. The average molecular weight is 324 g/mol. The van der Waals surface area contributed by atoms with Gasteiger partial charge in [-0.25, -0.2) is 0 Å². The van der Waals surface area contributed by atoms with Crippen molar-refractivity contribution in [1.82, 2.24) is 5.32 Å². The molecule has 0 bridgehead atoms. The van der Waals surface area contributed by atoms with E-state index in [0.717, 1.165) is 12.1 Å². The topological polar surface area (TPSA) is 49.3 Å². The molecular formula is C14H17ClF3NO2. The van der Waals surface area contributed by atoms with Crippen LogP contribution in [0.15, 0.2) is 18.2 Å². The van der Waals surface area contributed by atoms with Gasteiger partial charge in [0.05, 0.1) is 5.56 Å². The van der Waals surface area contributed by atoms with Crippen LogP contribution in [0.2, 0.25) is 5.02 Å². The molecule has 2 N–H and O–H groups in total. The predicted molar refractivity (Wildman–Crippen MR) is 74.2 cm³/mol. The molecular weight excluding hydrogens is 307 g/mol. The first-order valence-corrected chi connectivity index (χ1v) is 6.81. The van der Waals surface area contributed by atoms with E-state index in [-0.39, 0.29) is 23.0 Å². The van der Waals surface area contributed by atoms with E-state index in [1.807, 2.05) is 13.8 Å². The molecule has 118 valence electrons. The first-order chi connectivity index (χ1) is 9.61. The number of carboxylic acids is 1. The molecule has 21 heavy (non-hydrogen) atoms. The molecule has 0 fully saturated rings. The van der Waals surface area contributed by atoms with E-state index >= 15 is 0 Å². The summed E-state index contributed by atoms with van der Waals surface area (Å²) in [5.74, 6) is -0.887. The number of halogens is 4. The summed E-state index contributed by atoms with van der Waals surface area (Å²) in [6, 6.07) is 2.17. The number of nitrogens with one attached hydrogen (secondary N) is 1. The average Bonchev–Trinajstić information content (AvgIpc) is 2.33. The van der Waals surface area contributed by atoms with Crippen LogP contribution < -0.4 is 5.32 Å². The highest BCUT2D eigenvalue weighted by atomic mass is 35.5. The van der Waals surface area contributed by atoms with Crippen molar-refractivity contribution in [3.63, 3.8) is 0 Å². The van der Waals surface area contributed by atoms with Gasteiger partial charge in [-0.2, -0.15) is 13.2 Å². The molecule has 0 unspecified atom stereocenters. The Labute approximate surface area is 126 Å². The second-order valence-electron chi connectivity index (χ2n) is 5.21. The van der Waals surface area contributed by atoms with E-state index < -0.39 is 23.8 Å². The summed E-state index contributed by atoms with van der Waals surface area (Å²) in [4.78, 5) is 11.1. The number of alkyl halides is 3. The lowest BCUT2D eigenvalue weighted by Gasteiger charge is -2.17. The van der Waals surface area contributed by atoms with Gasteiger partial charge in [-0.1, -0.05) is 25.4 Å². The maximum Gasteiger partial charge on any atom is 0.416 e. The zero-order valence-corrected chi connectivity index (χ0v) is 12.4. The standard InChI is InChI=1S/C14H17ClF3NO2/c1-8(2)5-12(13(20)21)19-7-9-6-10(14(16,17)18)3-4-11(9)15/h3-4,6,8,12,19H,5,7H2,1-2H3,(H,20,21)/t12-/m1/s1. The molecule has 1 aromatic carbocycles. The van der Waals surface area contributed by atoms with Crippen LogP contribution in [0.4, 0.5) is 13.2 Å². The van der Waals surface area contributed by atoms with Crippen molar-refractivity contribution in [3.05, 3.63) is 34.3 Å². The number of hydrogen-bond acceptors (Lipinski definition) is 2. The molecule has 3 nitrogen and oxygen atoms in total. The minimum atomic E-state index is -4.45. The lowest BCUT2D eigenvalue weighted by molar-refractivity contribution is -0.140. The third-order valence-electron chi connectivity index (χ3n) is 2.92. The summed E-state index contributed by atoms with van der Waals surface area (Å²) < 4.78 is 37.9. The normalized spacial score (nSPS) is 13.5. The van der Waals surface area contributed by atoms with Crippen molar-refractivity contribution in [2.45, 2.75) is 39.0 Å². The molecule has 0 spiro atoms. The Morgan fingerprint density at radius 2 is 2.00 bits per heavy atom. The summed E-state index contributed by atoms with van der Waals surface area (Å²) in [5, 5.41) is 12.0. The van der Waals surface area contributed by atoms with Gasteiger partial charge in [-0.15, -0.1) is 0 Å². The predicted octanol–water partition coefficient (Wildman–Crippen LogP) is 3.95. The summed E-state index contributed by atoms with van der Waals surface area (Å²) in [6.07, 6.45) is -4.07. The fourth-order valence-corrected chi connectivity index (χ4v) is 2.05. The van der Waals surface area contributed by atoms with Crippen LogP contribution in [0.5, 0.6) is 0 Å². The van der Waals surface area contributed by atoms with Crippen molar-refractivity contribution in [3.8, 4) is 0 Å². The van der Waals surface area contributed by atoms with Crippen molar-refractivity contribution in [2.75, 3.05) is 0 Å². The minimum absolute atomic E-state index is 0.0353. The van der Waals surface area contributed by atoms with Gasteiger partial charge in [-0.3, -0.25) is 4.79 Å². The number of carboxylic acid groups (broad SMARTS) is 1. The number of hydrogen-bond donors (Lipinski definition) is 2. The number of rotatable bonds is 6. The van der Waals surface area contributed by atoms with Crippen LogP contribution in [-0.2, 0) is 17.5 Å². The van der Waals surface area contributed by atoms with Gasteiger partial charge in [0.15, 0.2) is 0 Å². The van der Waals surface area contributed by atoms with Crippen LogP contribution in [0.3, 0.4) is 0 Å². The monoisotopic (exact) mass is 323 g/mol. The fourth-order valence-electron chi connectivity index (χ4n) is 1.86. The number of benzene rings is 1. The van der Waals surface area contributed by atoms with Crippen molar-refractivity contribution in [1.29, 1.82) is 0 Å². The molecule has 1 atom stereocenters. The van der Waals surface area contributed by atoms with Crippen LogP contribution in [0.1, 0.15) is 31.4 Å². The van der Waals surface area contributed by atoms with Crippen LogP contribution in [-0.4, -0.2) is 17.1 Å². The Kier molecular flexibility index (Phi) is 6.04. The van der Waals surface area contributed by atoms with Gasteiger partial charge in [0.2, 0.25) is 0 Å². The Balaban J connectivity index is 2.84. The van der Waals surface area contributed by atoms with Gasteiger partial charge in [-0.05, 0) is 36.1 Å². The fraction of sp³-hybridized carbons (Fsp3) is 0.500. The van der Waals surface area contributed by atoms with E-state index in [1.54, 1.807) is 0 Å². The second-order valence-corrected chi connectivity index (χ2v) is 5.61. The Bertz CT molecular complexity index is 503. The minimum Gasteiger partial charge on any atom is -0.480 e. The quantitative estimate of drug-likeness (QED) is 0.833. The maximum atomic E-state index is 12.6. The molecule has 0 aliphatic heterocycles. The summed E-state index contributed by atoms with van der Waals surface area (Å²) >= 11 is 5.86. The molecule has 0 aliphatic carbocycles. The first kappa shape index (κ1) is 17.8. The SMILES string of the molecule is CC(C)C[C@@H](NCc1cc(C(F)(F)F)ccc1Cl)C(=O)O. The zero-order valence-electron chi connectivity index (χ0n) is 11.7. The molecule has 0 saturated heterocycles. The molecule has 0 aromatic heterocycles. The largest absolute Gasteiger partial charge is 0.480 e. The van der Waals surface area contributed by atoms with Gasteiger partial charge >= 0.3 is 12.1 Å². The summed E-state index contributed by atoms with van der Waals surface area (Å²) in [7, 11) is 0. The lowest BCUT2D eigenvalue weighted by atomic mass is 10.0. The van der Waals surface area contributed by atoms with E-state index in [4.69, 9.17) is 16.7 Å². The van der Waals surface area contributed by atoms with Gasteiger partial charge in [0, 0.05) is 11.6 Å². The van der Waals surface area contributed by atoms with Gasteiger partial charge < -0.3 is 10.4 Å². The van der Waals surface area contributed by atoms with Crippen molar-refractivity contribution in [2.24, 2.45) is 5.92 Å². The highest BCUT2D eigenvalue weighted by molar-refractivity contribution is 6.31. The third-order valence-corrected chi connectivity index (χ3v) is 3.29. The number of aliphatic carboxylic acids is 1. The van der Waals surface area contributed by atoms with E-state index in [9.17, 15) is 18.0 Å². The molecule has 0 radical (unpaired) electrons. The Morgan fingerprint density at radius 3 is 2.48 bits per heavy atom.